The van der Waals surface area contributed by atoms with Crippen molar-refractivity contribution in [3.05, 3.63) is 72.1 Å². The molecule has 128 valence electrons. The van der Waals surface area contributed by atoms with Crippen LogP contribution in [0.15, 0.2) is 60.9 Å². The van der Waals surface area contributed by atoms with Crippen LogP contribution in [0.5, 0.6) is 0 Å². The van der Waals surface area contributed by atoms with Gasteiger partial charge in [0.15, 0.2) is 0 Å². The summed E-state index contributed by atoms with van der Waals surface area (Å²) in [6, 6.07) is 17.2. The van der Waals surface area contributed by atoms with Gasteiger partial charge in [-0.05, 0) is 39.6 Å². The minimum Gasteiger partial charge on any atom is -0.324 e. The van der Waals surface area contributed by atoms with Gasteiger partial charge in [-0.15, -0.1) is 5.10 Å². The van der Waals surface area contributed by atoms with Crippen molar-refractivity contribution in [3.8, 4) is 0 Å². The molecule has 0 saturated carbocycles. The number of hydrogen-bond acceptors (Lipinski definition) is 4. The second-order valence-corrected chi connectivity index (χ2v) is 6.26. The third kappa shape index (κ3) is 4.29. The number of benzene rings is 2. The first-order valence-electron chi connectivity index (χ1n) is 8.30. The zero-order chi connectivity index (χ0) is 17.6. The van der Waals surface area contributed by atoms with Gasteiger partial charge in [-0.3, -0.25) is 4.79 Å². The summed E-state index contributed by atoms with van der Waals surface area (Å²) in [5.74, 6) is 0.258. The monoisotopic (exact) mass is 335 g/mol. The average molecular weight is 335 g/mol. The maximum Gasteiger partial charge on any atom is 0.249 e. The summed E-state index contributed by atoms with van der Waals surface area (Å²) in [4.78, 5) is 12.9. The average Bonchev–Trinajstić information content (AvgIpc) is 3.15. The molecule has 0 saturated heterocycles. The molecule has 0 aliphatic heterocycles. The van der Waals surface area contributed by atoms with Crippen molar-refractivity contribution in [3.63, 3.8) is 0 Å². The molecule has 1 heterocycles. The summed E-state index contributed by atoms with van der Waals surface area (Å²) in [5, 5.41) is 14.2. The van der Waals surface area contributed by atoms with Crippen LogP contribution in [-0.4, -0.2) is 26.1 Å². The lowest BCUT2D eigenvalue weighted by Crippen LogP contribution is -2.28. The molecule has 0 bridgehead atoms. The molecule has 1 N–H and O–H groups in total. The highest BCUT2D eigenvalue weighted by Gasteiger charge is 2.22. The van der Waals surface area contributed by atoms with Crippen molar-refractivity contribution < 1.29 is 4.79 Å². The van der Waals surface area contributed by atoms with Crippen LogP contribution in [-0.2, 0) is 11.2 Å². The molecule has 25 heavy (non-hydrogen) atoms. The lowest BCUT2D eigenvalue weighted by atomic mass is 10.0. The van der Waals surface area contributed by atoms with Crippen molar-refractivity contribution in [2.45, 2.75) is 32.2 Å². The van der Waals surface area contributed by atoms with Gasteiger partial charge in [0.25, 0.3) is 0 Å². The molecule has 1 atom stereocenters. The summed E-state index contributed by atoms with van der Waals surface area (Å²) in [6.45, 7) is 4.25. The van der Waals surface area contributed by atoms with Crippen LogP contribution < -0.4 is 5.32 Å². The molecule has 3 aromatic rings. The number of tetrazole rings is 1. The Morgan fingerprint density at radius 2 is 1.92 bits per heavy atom. The lowest BCUT2D eigenvalue weighted by Gasteiger charge is -2.17. The topological polar surface area (TPSA) is 72.7 Å². The Bertz CT molecular complexity index is 815. The first-order chi connectivity index (χ1) is 12.1. The number of rotatable bonds is 6. The van der Waals surface area contributed by atoms with Crippen molar-refractivity contribution >= 4 is 11.6 Å². The molecule has 3 rings (SSSR count). The van der Waals surface area contributed by atoms with Gasteiger partial charge in [-0.1, -0.05) is 56.3 Å². The quantitative estimate of drug-likeness (QED) is 0.751. The molecule has 0 fully saturated rings. The van der Waals surface area contributed by atoms with Gasteiger partial charge in [0.05, 0.1) is 0 Å². The number of carbonyl (C=O) groups excluding carboxylic acids is 1. The molecule has 1 amide bonds. The van der Waals surface area contributed by atoms with Gasteiger partial charge in [-0.2, -0.15) is 0 Å². The third-order valence-corrected chi connectivity index (χ3v) is 4.08. The second kappa shape index (κ2) is 7.70. The van der Waals surface area contributed by atoms with Crippen molar-refractivity contribution in [2.75, 3.05) is 5.32 Å². The number of anilines is 1. The minimum atomic E-state index is -0.514. The zero-order valence-corrected chi connectivity index (χ0v) is 14.3. The fourth-order valence-electron chi connectivity index (χ4n) is 2.66. The molecular formula is C19H21N5O. The van der Waals surface area contributed by atoms with Crippen LogP contribution in [0, 0.1) is 0 Å². The van der Waals surface area contributed by atoms with Crippen molar-refractivity contribution in [1.82, 2.24) is 20.2 Å². The van der Waals surface area contributed by atoms with Crippen LogP contribution in [0.2, 0.25) is 0 Å². The van der Waals surface area contributed by atoms with E-state index in [2.05, 4.69) is 40.8 Å². The maximum atomic E-state index is 12.9. The molecule has 2 aromatic carbocycles. The normalized spacial score (nSPS) is 12.1. The lowest BCUT2D eigenvalue weighted by molar-refractivity contribution is -0.119. The van der Waals surface area contributed by atoms with Gasteiger partial charge in [0.2, 0.25) is 5.91 Å². The molecule has 0 aliphatic rings. The summed E-state index contributed by atoms with van der Waals surface area (Å²) in [6.07, 6.45) is 1.99. The summed E-state index contributed by atoms with van der Waals surface area (Å²) < 4.78 is 1.49. The Hall–Kier alpha value is -3.02. The number of nitrogens with zero attached hydrogens (tertiary/aromatic N) is 4. The second-order valence-electron chi connectivity index (χ2n) is 6.26. The van der Waals surface area contributed by atoms with E-state index in [1.54, 1.807) is 0 Å². The Kier molecular flexibility index (Phi) is 5.18. The molecule has 1 unspecified atom stereocenters. The zero-order valence-electron chi connectivity index (χ0n) is 14.3. The predicted octanol–water partition coefficient (Wildman–Crippen LogP) is 3.22. The van der Waals surface area contributed by atoms with Gasteiger partial charge < -0.3 is 5.32 Å². The number of aromatic nitrogens is 4. The van der Waals surface area contributed by atoms with Crippen LogP contribution in [0.25, 0.3) is 0 Å². The van der Waals surface area contributed by atoms with E-state index in [1.165, 1.54) is 16.6 Å². The van der Waals surface area contributed by atoms with Gasteiger partial charge >= 0.3 is 0 Å². The molecular weight excluding hydrogens is 314 g/mol. The number of amides is 1. The molecule has 6 heteroatoms. The fraction of sp³-hybridized carbons (Fsp3) is 0.263. The van der Waals surface area contributed by atoms with Gasteiger partial charge in [0.1, 0.15) is 12.4 Å². The number of carbonyl (C=O) groups is 1. The standard InChI is InChI=1S/C19H21N5O/c1-14(2)16-9-6-10-17(12-16)21-19(25)18(24-13-20-22-23-24)11-15-7-4-3-5-8-15/h3-10,12-14,18H,11H2,1-2H3,(H,21,25). The van der Waals surface area contributed by atoms with E-state index in [0.29, 0.717) is 12.3 Å². The maximum absolute atomic E-state index is 12.9. The van der Waals surface area contributed by atoms with Crippen LogP contribution in [0.3, 0.4) is 0 Å². The Balaban J connectivity index is 1.81. The molecule has 0 aliphatic carbocycles. The highest BCUT2D eigenvalue weighted by atomic mass is 16.2. The van der Waals surface area contributed by atoms with E-state index in [4.69, 9.17) is 0 Å². The smallest absolute Gasteiger partial charge is 0.249 e. The summed E-state index contributed by atoms with van der Waals surface area (Å²) in [5.41, 5.74) is 3.01. The first-order valence-corrected chi connectivity index (χ1v) is 8.30. The van der Waals surface area contributed by atoms with Crippen molar-refractivity contribution in [1.29, 1.82) is 0 Å². The highest BCUT2D eigenvalue weighted by molar-refractivity contribution is 5.93. The summed E-state index contributed by atoms with van der Waals surface area (Å²) in [7, 11) is 0. The van der Waals surface area contributed by atoms with Gasteiger partial charge in [0, 0.05) is 12.1 Å². The van der Waals surface area contributed by atoms with E-state index in [-0.39, 0.29) is 5.91 Å². The van der Waals surface area contributed by atoms with E-state index in [0.717, 1.165) is 11.3 Å². The van der Waals surface area contributed by atoms with Crippen LogP contribution in [0.1, 0.15) is 36.9 Å². The van der Waals surface area contributed by atoms with Gasteiger partial charge in [-0.25, -0.2) is 4.68 Å². The first kappa shape index (κ1) is 16.8. The Morgan fingerprint density at radius 1 is 1.12 bits per heavy atom. The SMILES string of the molecule is CC(C)c1cccc(NC(=O)C(Cc2ccccc2)n2cnnn2)c1. The third-order valence-electron chi connectivity index (χ3n) is 4.08. The summed E-state index contributed by atoms with van der Waals surface area (Å²) >= 11 is 0. The number of hydrogen-bond donors (Lipinski definition) is 1. The molecule has 0 spiro atoms. The van der Waals surface area contributed by atoms with E-state index in [1.807, 2.05) is 48.5 Å². The minimum absolute atomic E-state index is 0.142. The highest BCUT2D eigenvalue weighted by Crippen LogP contribution is 2.20. The number of nitrogens with one attached hydrogen (secondary N) is 1. The van der Waals surface area contributed by atoms with E-state index < -0.39 is 6.04 Å². The van der Waals surface area contributed by atoms with Crippen LogP contribution in [0.4, 0.5) is 5.69 Å². The largest absolute Gasteiger partial charge is 0.324 e. The Labute approximate surface area is 146 Å². The van der Waals surface area contributed by atoms with E-state index in [9.17, 15) is 4.79 Å². The molecule has 1 aromatic heterocycles. The van der Waals surface area contributed by atoms with Crippen LogP contribution >= 0.6 is 0 Å². The van der Waals surface area contributed by atoms with Crippen molar-refractivity contribution in [2.24, 2.45) is 0 Å². The Morgan fingerprint density at radius 3 is 2.60 bits per heavy atom. The molecule has 6 nitrogen and oxygen atoms in total. The molecule has 0 radical (unpaired) electrons. The fourth-order valence-corrected chi connectivity index (χ4v) is 2.66. The van der Waals surface area contributed by atoms with E-state index >= 15 is 0 Å². The predicted molar refractivity (Wildman–Crippen MR) is 96.2 cm³/mol.